The van der Waals surface area contributed by atoms with Crippen molar-refractivity contribution in [3.63, 3.8) is 0 Å². The standard InChI is InChI=1S/C14H17BrFN3O/c1-10-9-19(6-3-7-20-2)14(17-10)18-13-8-11(16)4-5-12(13)15/h4-5,8-9H,3,6-7H2,1-2H3,(H,17,18). The van der Waals surface area contributed by atoms with Crippen LogP contribution in [0.2, 0.25) is 0 Å². The molecule has 1 aromatic heterocycles. The molecule has 0 aliphatic rings. The Labute approximate surface area is 126 Å². The molecule has 0 saturated carbocycles. The van der Waals surface area contributed by atoms with Crippen molar-refractivity contribution in [1.29, 1.82) is 0 Å². The van der Waals surface area contributed by atoms with E-state index in [1.807, 2.05) is 17.7 Å². The van der Waals surface area contributed by atoms with Crippen LogP contribution in [-0.4, -0.2) is 23.3 Å². The number of nitrogens with zero attached hydrogens (tertiary/aromatic N) is 2. The third-order valence-electron chi connectivity index (χ3n) is 2.82. The first-order chi connectivity index (χ1) is 9.60. The lowest BCUT2D eigenvalue weighted by Crippen LogP contribution is -2.05. The fourth-order valence-corrected chi connectivity index (χ4v) is 2.26. The number of ether oxygens (including phenoxy) is 1. The van der Waals surface area contributed by atoms with E-state index in [-0.39, 0.29) is 5.82 Å². The van der Waals surface area contributed by atoms with Crippen LogP contribution in [0.1, 0.15) is 12.1 Å². The highest BCUT2D eigenvalue weighted by Gasteiger charge is 2.08. The van der Waals surface area contributed by atoms with Gasteiger partial charge >= 0.3 is 0 Å². The van der Waals surface area contributed by atoms with Gasteiger partial charge in [0.15, 0.2) is 0 Å². The van der Waals surface area contributed by atoms with Gasteiger partial charge in [-0.3, -0.25) is 0 Å². The molecular weight excluding hydrogens is 325 g/mol. The number of nitrogens with one attached hydrogen (secondary N) is 1. The number of aromatic nitrogens is 2. The van der Waals surface area contributed by atoms with Crippen molar-refractivity contribution in [1.82, 2.24) is 9.55 Å². The molecule has 2 rings (SSSR count). The zero-order valence-electron chi connectivity index (χ0n) is 11.5. The summed E-state index contributed by atoms with van der Waals surface area (Å²) in [6.45, 7) is 3.42. The normalized spacial score (nSPS) is 10.8. The molecule has 2 aromatic rings. The topological polar surface area (TPSA) is 39.1 Å². The maximum absolute atomic E-state index is 13.3. The summed E-state index contributed by atoms with van der Waals surface area (Å²) >= 11 is 3.40. The summed E-state index contributed by atoms with van der Waals surface area (Å²) in [7, 11) is 1.68. The molecule has 0 radical (unpaired) electrons. The molecule has 4 nitrogen and oxygen atoms in total. The van der Waals surface area contributed by atoms with Crippen molar-refractivity contribution < 1.29 is 9.13 Å². The Balaban J connectivity index is 2.17. The number of hydrogen-bond donors (Lipinski definition) is 1. The van der Waals surface area contributed by atoms with Crippen LogP contribution in [0.3, 0.4) is 0 Å². The second kappa shape index (κ2) is 6.85. The van der Waals surface area contributed by atoms with Crippen LogP contribution in [0.5, 0.6) is 0 Å². The van der Waals surface area contributed by atoms with Gasteiger partial charge in [-0.2, -0.15) is 0 Å². The molecule has 0 aliphatic heterocycles. The van der Waals surface area contributed by atoms with Crippen LogP contribution < -0.4 is 5.32 Å². The Bertz CT molecular complexity index is 586. The number of methoxy groups -OCH3 is 1. The minimum atomic E-state index is -0.287. The van der Waals surface area contributed by atoms with E-state index >= 15 is 0 Å². The monoisotopic (exact) mass is 341 g/mol. The Kier molecular flexibility index (Phi) is 5.14. The number of aryl methyl sites for hydroxylation is 2. The molecule has 0 fully saturated rings. The van der Waals surface area contributed by atoms with Gasteiger partial charge in [0.1, 0.15) is 5.82 Å². The van der Waals surface area contributed by atoms with E-state index in [9.17, 15) is 4.39 Å². The molecule has 0 atom stereocenters. The highest BCUT2D eigenvalue weighted by Crippen LogP contribution is 2.26. The van der Waals surface area contributed by atoms with Crippen molar-refractivity contribution in [3.05, 3.63) is 40.4 Å². The molecule has 0 saturated heterocycles. The van der Waals surface area contributed by atoms with E-state index in [0.29, 0.717) is 18.2 Å². The minimum Gasteiger partial charge on any atom is -0.385 e. The Hall–Kier alpha value is -1.40. The quantitative estimate of drug-likeness (QED) is 0.810. The molecular formula is C14H17BrFN3O. The average Bonchev–Trinajstić information content (AvgIpc) is 2.74. The first-order valence-electron chi connectivity index (χ1n) is 6.35. The van der Waals surface area contributed by atoms with E-state index in [4.69, 9.17) is 4.74 Å². The first-order valence-corrected chi connectivity index (χ1v) is 7.14. The molecule has 0 spiro atoms. The third-order valence-corrected chi connectivity index (χ3v) is 3.51. The fraction of sp³-hybridized carbons (Fsp3) is 0.357. The average molecular weight is 342 g/mol. The maximum atomic E-state index is 13.3. The van der Waals surface area contributed by atoms with Gasteiger partial charge in [-0.1, -0.05) is 0 Å². The second-order valence-electron chi connectivity index (χ2n) is 4.49. The van der Waals surface area contributed by atoms with Crippen LogP contribution in [-0.2, 0) is 11.3 Å². The van der Waals surface area contributed by atoms with E-state index in [0.717, 1.165) is 23.1 Å². The summed E-state index contributed by atoms with van der Waals surface area (Å²) in [5.74, 6) is 0.412. The third kappa shape index (κ3) is 3.80. The van der Waals surface area contributed by atoms with Crippen LogP contribution in [0.4, 0.5) is 16.0 Å². The molecule has 1 heterocycles. The maximum Gasteiger partial charge on any atom is 0.207 e. The first kappa shape index (κ1) is 15.0. The lowest BCUT2D eigenvalue weighted by atomic mass is 10.3. The predicted octanol–water partition coefficient (Wildman–Crippen LogP) is 3.87. The predicted molar refractivity (Wildman–Crippen MR) is 80.8 cm³/mol. The molecule has 20 heavy (non-hydrogen) atoms. The molecule has 0 unspecified atom stereocenters. The van der Waals surface area contributed by atoms with Gasteiger partial charge in [-0.15, -0.1) is 0 Å². The van der Waals surface area contributed by atoms with Crippen molar-refractivity contribution in [3.8, 4) is 0 Å². The number of benzene rings is 1. The van der Waals surface area contributed by atoms with Gasteiger partial charge in [-0.05, 0) is 47.5 Å². The molecule has 0 bridgehead atoms. The summed E-state index contributed by atoms with van der Waals surface area (Å²) in [6, 6.07) is 4.52. The number of imidazole rings is 1. The van der Waals surface area contributed by atoms with Gasteiger partial charge in [0.2, 0.25) is 5.95 Å². The summed E-state index contributed by atoms with van der Waals surface area (Å²) in [6.07, 6.45) is 2.86. The van der Waals surface area contributed by atoms with Crippen LogP contribution in [0, 0.1) is 12.7 Å². The molecule has 0 aliphatic carbocycles. The van der Waals surface area contributed by atoms with E-state index < -0.39 is 0 Å². The second-order valence-corrected chi connectivity index (χ2v) is 5.35. The smallest absolute Gasteiger partial charge is 0.207 e. The number of hydrogen-bond acceptors (Lipinski definition) is 3. The van der Waals surface area contributed by atoms with E-state index in [2.05, 4.69) is 26.2 Å². The van der Waals surface area contributed by atoms with Crippen molar-refractivity contribution in [2.45, 2.75) is 19.9 Å². The van der Waals surface area contributed by atoms with E-state index in [1.54, 1.807) is 13.2 Å². The summed E-state index contributed by atoms with van der Waals surface area (Å²) in [4.78, 5) is 4.42. The van der Waals surface area contributed by atoms with E-state index in [1.165, 1.54) is 12.1 Å². The highest BCUT2D eigenvalue weighted by atomic mass is 79.9. The van der Waals surface area contributed by atoms with Crippen LogP contribution in [0.15, 0.2) is 28.9 Å². The van der Waals surface area contributed by atoms with Gasteiger partial charge in [-0.25, -0.2) is 9.37 Å². The molecule has 108 valence electrons. The van der Waals surface area contributed by atoms with Crippen LogP contribution >= 0.6 is 15.9 Å². The van der Waals surface area contributed by atoms with Crippen molar-refractivity contribution in [2.75, 3.05) is 19.0 Å². The number of anilines is 2. The number of rotatable bonds is 6. The Morgan fingerprint density at radius 2 is 2.25 bits per heavy atom. The Morgan fingerprint density at radius 3 is 3.00 bits per heavy atom. The largest absolute Gasteiger partial charge is 0.385 e. The lowest BCUT2D eigenvalue weighted by molar-refractivity contribution is 0.190. The number of halogens is 2. The summed E-state index contributed by atoms with van der Waals surface area (Å²) in [5.41, 5.74) is 1.57. The molecule has 6 heteroatoms. The lowest BCUT2D eigenvalue weighted by Gasteiger charge is -2.11. The van der Waals surface area contributed by atoms with Crippen molar-refractivity contribution in [2.24, 2.45) is 0 Å². The van der Waals surface area contributed by atoms with Gasteiger partial charge in [0.05, 0.1) is 11.4 Å². The van der Waals surface area contributed by atoms with Gasteiger partial charge in [0, 0.05) is 30.9 Å². The summed E-state index contributed by atoms with van der Waals surface area (Å²) in [5, 5.41) is 3.15. The minimum absolute atomic E-state index is 0.287. The zero-order valence-corrected chi connectivity index (χ0v) is 13.1. The highest BCUT2D eigenvalue weighted by molar-refractivity contribution is 9.10. The summed E-state index contributed by atoms with van der Waals surface area (Å²) < 4.78 is 21.2. The molecule has 1 N–H and O–H groups in total. The van der Waals surface area contributed by atoms with Crippen LogP contribution in [0.25, 0.3) is 0 Å². The Morgan fingerprint density at radius 1 is 1.45 bits per heavy atom. The SMILES string of the molecule is COCCCn1cc(C)nc1Nc1cc(F)ccc1Br. The fourth-order valence-electron chi connectivity index (χ4n) is 1.91. The molecule has 0 amide bonds. The molecule has 1 aromatic carbocycles. The van der Waals surface area contributed by atoms with Gasteiger partial charge in [0.25, 0.3) is 0 Å². The van der Waals surface area contributed by atoms with Gasteiger partial charge < -0.3 is 14.6 Å². The van der Waals surface area contributed by atoms with Crippen molar-refractivity contribution >= 4 is 27.6 Å². The zero-order chi connectivity index (χ0) is 14.5.